The topological polar surface area (TPSA) is 59.5 Å². The molecule has 0 saturated carbocycles. The number of ether oxygens (including phenoxy) is 2. The van der Waals surface area contributed by atoms with Crippen molar-refractivity contribution in [2.75, 3.05) is 36.5 Å². The van der Waals surface area contributed by atoms with Crippen molar-refractivity contribution in [3.8, 4) is 0 Å². The fourth-order valence-corrected chi connectivity index (χ4v) is 3.65. The van der Waals surface area contributed by atoms with Crippen LogP contribution >= 0.6 is 11.6 Å². The number of hydrogen-bond donors (Lipinski definition) is 1. The summed E-state index contributed by atoms with van der Waals surface area (Å²) in [5, 5.41) is 4.11. The molecule has 0 radical (unpaired) electrons. The van der Waals surface area contributed by atoms with Gasteiger partial charge in [-0.15, -0.1) is 0 Å². The number of rotatable bonds is 3. The first-order chi connectivity index (χ1) is 12.5. The first-order valence-electron chi connectivity index (χ1n) is 8.95. The highest BCUT2D eigenvalue weighted by molar-refractivity contribution is 6.31. The lowest BCUT2D eigenvalue weighted by Crippen LogP contribution is -2.45. The van der Waals surface area contributed by atoms with Crippen LogP contribution in [0.1, 0.15) is 24.1 Å². The zero-order chi connectivity index (χ0) is 18.1. The zero-order valence-electron chi connectivity index (χ0n) is 15.1. The minimum absolute atomic E-state index is 0.390. The Morgan fingerprint density at radius 2 is 1.85 bits per heavy atom. The second-order valence-electron chi connectivity index (χ2n) is 6.83. The highest BCUT2D eigenvalue weighted by Crippen LogP contribution is 2.33. The molecule has 2 aliphatic heterocycles. The van der Waals surface area contributed by atoms with Crippen LogP contribution < -0.4 is 10.2 Å². The minimum atomic E-state index is -0.390. The molecule has 7 heteroatoms. The Kier molecular flexibility index (Phi) is 4.73. The third kappa shape index (κ3) is 3.49. The average molecular weight is 375 g/mol. The summed E-state index contributed by atoms with van der Waals surface area (Å²) in [6.07, 6.45) is 1.67. The maximum Gasteiger partial charge on any atom is 0.227 e. The number of piperidine rings is 1. The SMILES string of the molecule is Cc1cc(Nc2cccc(Cl)c2C)nc(N2CCC3(CC2)OCCO3)n1. The van der Waals surface area contributed by atoms with Crippen LogP contribution in [0.15, 0.2) is 24.3 Å². The lowest BCUT2D eigenvalue weighted by atomic mass is 10.0. The summed E-state index contributed by atoms with van der Waals surface area (Å²) in [7, 11) is 0. The van der Waals surface area contributed by atoms with E-state index < -0.39 is 0 Å². The fraction of sp³-hybridized carbons (Fsp3) is 0.474. The Bertz CT molecular complexity index is 798. The van der Waals surface area contributed by atoms with Gasteiger partial charge in [-0.1, -0.05) is 17.7 Å². The van der Waals surface area contributed by atoms with Gasteiger partial charge in [0, 0.05) is 48.4 Å². The van der Waals surface area contributed by atoms with Crippen LogP contribution in [0.5, 0.6) is 0 Å². The highest BCUT2D eigenvalue weighted by atomic mass is 35.5. The van der Waals surface area contributed by atoms with Crippen LogP contribution in [-0.4, -0.2) is 42.1 Å². The van der Waals surface area contributed by atoms with Crippen molar-refractivity contribution in [3.63, 3.8) is 0 Å². The second kappa shape index (κ2) is 7.02. The molecule has 138 valence electrons. The summed E-state index contributed by atoms with van der Waals surface area (Å²) in [6.45, 7) is 6.99. The summed E-state index contributed by atoms with van der Waals surface area (Å²) in [4.78, 5) is 11.5. The molecule has 1 N–H and O–H groups in total. The van der Waals surface area contributed by atoms with E-state index in [0.29, 0.717) is 13.2 Å². The van der Waals surface area contributed by atoms with Crippen LogP contribution in [0.25, 0.3) is 0 Å². The van der Waals surface area contributed by atoms with E-state index in [1.54, 1.807) is 0 Å². The summed E-state index contributed by atoms with van der Waals surface area (Å²) >= 11 is 6.22. The Morgan fingerprint density at radius 3 is 2.58 bits per heavy atom. The Morgan fingerprint density at radius 1 is 1.12 bits per heavy atom. The number of anilines is 3. The molecule has 3 heterocycles. The summed E-state index contributed by atoms with van der Waals surface area (Å²) in [6, 6.07) is 7.75. The van der Waals surface area contributed by atoms with Gasteiger partial charge in [0.2, 0.25) is 5.95 Å². The molecule has 26 heavy (non-hydrogen) atoms. The van der Waals surface area contributed by atoms with Gasteiger partial charge < -0.3 is 19.7 Å². The normalized spacial score (nSPS) is 19.1. The number of halogens is 1. The molecule has 1 aromatic carbocycles. The fourth-order valence-electron chi connectivity index (χ4n) is 3.47. The average Bonchev–Trinajstić information content (AvgIpc) is 3.07. The lowest BCUT2D eigenvalue weighted by Gasteiger charge is -2.37. The van der Waals surface area contributed by atoms with Crippen LogP contribution in [0.2, 0.25) is 5.02 Å². The molecule has 0 unspecified atom stereocenters. The predicted molar refractivity (Wildman–Crippen MR) is 102 cm³/mol. The van der Waals surface area contributed by atoms with Crippen molar-refractivity contribution < 1.29 is 9.47 Å². The number of nitrogens with zero attached hydrogens (tertiary/aromatic N) is 3. The number of aryl methyl sites for hydroxylation is 1. The van der Waals surface area contributed by atoms with Crippen molar-refractivity contribution in [1.82, 2.24) is 9.97 Å². The molecule has 0 bridgehead atoms. The maximum atomic E-state index is 6.22. The molecule has 6 nitrogen and oxygen atoms in total. The van der Waals surface area contributed by atoms with Crippen molar-refractivity contribution in [1.29, 1.82) is 0 Å². The number of aromatic nitrogens is 2. The molecule has 0 amide bonds. The first kappa shape index (κ1) is 17.5. The number of hydrogen-bond acceptors (Lipinski definition) is 6. The standard InChI is InChI=1S/C19H23ClN4O2/c1-13-12-17(22-16-5-3-4-15(20)14(16)2)23-18(21-13)24-8-6-19(7-9-24)25-10-11-26-19/h3-5,12H,6-11H2,1-2H3,(H,21,22,23). The maximum absolute atomic E-state index is 6.22. The Balaban J connectivity index is 1.52. The van der Waals surface area contributed by atoms with E-state index in [1.165, 1.54) is 0 Å². The smallest absolute Gasteiger partial charge is 0.227 e. The lowest BCUT2D eigenvalue weighted by molar-refractivity contribution is -0.169. The van der Waals surface area contributed by atoms with Gasteiger partial charge in [0.1, 0.15) is 5.82 Å². The minimum Gasteiger partial charge on any atom is -0.347 e. The van der Waals surface area contributed by atoms with E-state index in [2.05, 4.69) is 15.2 Å². The van der Waals surface area contributed by atoms with E-state index in [0.717, 1.165) is 59.7 Å². The number of nitrogens with one attached hydrogen (secondary N) is 1. The molecular weight excluding hydrogens is 352 g/mol. The van der Waals surface area contributed by atoms with E-state index in [1.807, 2.05) is 38.1 Å². The molecule has 0 aliphatic carbocycles. The van der Waals surface area contributed by atoms with E-state index in [4.69, 9.17) is 26.1 Å². The molecular formula is C19H23ClN4O2. The van der Waals surface area contributed by atoms with Crippen molar-refractivity contribution >= 4 is 29.1 Å². The Labute approximate surface area is 158 Å². The predicted octanol–water partition coefficient (Wildman–Crippen LogP) is 3.83. The summed E-state index contributed by atoms with van der Waals surface area (Å²) in [5.41, 5.74) is 2.88. The second-order valence-corrected chi connectivity index (χ2v) is 7.23. The van der Waals surface area contributed by atoms with Crippen LogP contribution in [0.3, 0.4) is 0 Å². The van der Waals surface area contributed by atoms with Crippen LogP contribution in [0.4, 0.5) is 17.5 Å². The van der Waals surface area contributed by atoms with Gasteiger partial charge in [-0.3, -0.25) is 0 Å². The summed E-state index contributed by atoms with van der Waals surface area (Å²) in [5.74, 6) is 1.12. The third-order valence-corrected chi connectivity index (χ3v) is 5.40. The van der Waals surface area contributed by atoms with Gasteiger partial charge in [0.05, 0.1) is 13.2 Å². The molecule has 1 spiro atoms. The first-order valence-corrected chi connectivity index (χ1v) is 9.33. The molecule has 2 saturated heterocycles. The molecule has 2 aliphatic rings. The van der Waals surface area contributed by atoms with Crippen LogP contribution in [-0.2, 0) is 9.47 Å². The molecule has 1 aromatic heterocycles. The quantitative estimate of drug-likeness (QED) is 0.881. The van der Waals surface area contributed by atoms with Gasteiger partial charge in [-0.05, 0) is 31.5 Å². The number of benzene rings is 1. The van der Waals surface area contributed by atoms with Gasteiger partial charge >= 0.3 is 0 Å². The van der Waals surface area contributed by atoms with E-state index >= 15 is 0 Å². The van der Waals surface area contributed by atoms with Gasteiger partial charge in [-0.2, -0.15) is 4.98 Å². The van der Waals surface area contributed by atoms with E-state index in [-0.39, 0.29) is 5.79 Å². The van der Waals surface area contributed by atoms with Crippen LogP contribution in [0, 0.1) is 13.8 Å². The van der Waals surface area contributed by atoms with Crippen molar-refractivity contribution in [2.24, 2.45) is 0 Å². The zero-order valence-corrected chi connectivity index (χ0v) is 15.8. The van der Waals surface area contributed by atoms with Gasteiger partial charge in [0.15, 0.2) is 5.79 Å². The third-order valence-electron chi connectivity index (χ3n) is 4.99. The van der Waals surface area contributed by atoms with Gasteiger partial charge in [0.25, 0.3) is 0 Å². The molecule has 4 rings (SSSR count). The molecule has 2 aromatic rings. The molecule has 2 fully saturated rings. The van der Waals surface area contributed by atoms with Crippen molar-refractivity contribution in [2.45, 2.75) is 32.5 Å². The Hall–Kier alpha value is -1.89. The van der Waals surface area contributed by atoms with Gasteiger partial charge in [-0.25, -0.2) is 4.98 Å². The van der Waals surface area contributed by atoms with Crippen molar-refractivity contribution in [3.05, 3.63) is 40.5 Å². The molecule has 0 atom stereocenters. The highest BCUT2D eigenvalue weighted by Gasteiger charge is 2.40. The largest absolute Gasteiger partial charge is 0.347 e. The van der Waals surface area contributed by atoms with E-state index in [9.17, 15) is 0 Å². The summed E-state index contributed by atoms with van der Waals surface area (Å²) < 4.78 is 11.6. The monoisotopic (exact) mass is 374 g/mol.